The summed E-state index contributed by atoms with van der Waals surface area (Å²) in [6.45, 7) is 8.70. The number of rotatable bonds is 16. The third-order valence-corrected chi connectivity index (χ3v) is 27.9. The number of nitrogens with zero attached hydrogens (tertiary/aromatic N) is 8. The summed E-state index contributed by atoms with van der Waals surface area (Å²) in [6, 6.07) is 175. The zero-order valence-electron chi connectivity index (χ0n) is 77.8. The van der Waals surface area contributed by atoms with Crippen LogP contribution in [0.2, 0.25) is 0 Å². The van der Waals surface area contributed by atoms with Crippen LogP contribution in [0.15, 0.2) is 485 Å². The number of fused-ring (bicyclic) bond motifs is 12. The van der Waals surface area contributed by atoms with Gasteiger partial charge in [0.05, 0.1) is 89.7 Å². The molecule has 0 unspecified atom stereocenters. The molecule has 0 atom stereocenters. The van der Waals surface area contributed by atoms with Crippen molar-refractivity contribution in [3.63, 3.8) is 0 Å². The second-order valence-electron chi connectivity index (χ2n) is 36.5. The van der Waals surface area contributed by atoms with Crippen LogP contribution in [-0.2, 0) is 0 Å². The Morgan fingerprint density at radius 2 is 0.400 bits per heavy atom. The molecule has 0 N–H and O–H groups in total. The smallest absolute Gasteiger partial charge is 0.160 e. The van der Waals surface area contributed by atoms with Crippen molar-refractivity contribution in [2.75, 3.05) is 0 Å². The van der Waals surface area contributed by atoms with Gasteiger partial charge in [0.2, 0.25) is 0 Å². The van der Waals surface area contributed by atoms with E-state index < -0.39 is 0 Å². The Morgan fingerprint density at radius 3 is 0.757 bits per heavy atom. The first-order valence-corrected chi connectivity index (χ1v) is 48.0. The highest BCUT2D eigenvalue weighted by Gasteiger charge is 2.29. The van der Waals surface area contributed by atoms with Crippen molar-refractivity contribution in [1.82, 2.24) is 38.2 Å². The van der Waals surface area contributed by atoms with Gasteiger partial charge in [-0.1, -0.05) is 387 Å². The van der Waals surface area contributed by atoms with Crippen LogP contribution >= 0.6 is 0 Å². The molecule has 26 rings (SSSR count). The Bertz CT molecular complexity index is 9250. The van der Waals surface area contributed by atoms with E-state index in [0.29, 0.717) is 11.6 Å². The summed E-state index contributed by atoms with van der Waals surface area (Å²) in [6.07, 6.45) is 0. The highest BCUT2D eigenvalue weighted by Crippen LogP contribution is 2.51. The molecule has 0 fully saturated rings. The largest absolute Gasteiger partial charge is 0.309 e. The Morgan fingerprint density at radius 1 is 0.150 bits per heavy atom. The van der Waals surface area contributed by atoms with Gasteiger partial charge in [0, 0.05) is 98.7 Å². The van der Waals surface area contributed by atoms with Crippen molar-refractivity contribution in [2.24, 2.45) is 0 Å². The number of aromatic nitrogens is 8. The van der Waals surface area contributed by atoms with E-state index in [9.17, 15) is 0 Å². The minimum Gasteiger partial charge on any atom is -0.309 e. The van der Waals surface area contributed by atoms with Gasteiger partial charge in [-0.3, -0.25) is 0 Å². The summed E-state index contributed by atoms with van der Waals surface area (Å²) >= 11 is 0. The normalized spacial score (nSPS) is 11.6. The molecule has 8 nitrogen and oxygen atoms in total. The zero-order valence-corrected chi connectivity index (χ0v) is 77.8. The van der Waals surface area contributed by atoms with Crippen molar-refractivity contribution in [2.45, 2.75) is 27.7 Å². The quantitative estimate of drug-likeness (QED) is 0.0966. The molecule has 140 heavy (non-hydrogen) atoms. The topological polar surface area (TPSA) is 71.3 Å². The highest BCUT2D eigenvalue weighted by atomic mass is 15.0. The minimum absolute atomic E-state index is 0.675. The zero-order chi connectivity index (χ0) is 93.4. The predicted octanol–water partition coefficient (Wildman–Crippen LogP) is 34.6. The fourth-order valence-electron chi connectivity index (χ4n) is 21.4. The van der Waals surface area contributed by atoms with Gasteiger partial charge in [0.15, 0.2) is 11.6 Å². The van der Waals surface area contributed by atoms with Crippen molar-refractivity contribution < 1.29 is 0 Å². The van der Waals surface area contributed by atoms with Crippen LogP contribution in [0.3, 0.4) is 0 Å². The second-order valence-corrected chi connectivity index (χ2v) is 36.5. The third-order valence-electron chi connectivity index (χ3n) is 27.9. The molecule has 0 aliphatic heterocycles. The van der Waals surface area contributed by atoms with Crippen LogP contribution in [0.25, 0.3) is 245 Å². The summed E-state index contributed by atoms with van der Waals surface area (Å²) in [4.78, 5) is 21.5. The van der Waals surface area contributed by atoms with E-state index in [0.717, 1.165) is 145 Å². The average molecular weight is 1790 g/mol. The lowest BCUT2D eigenvalue weighted by molar-refractivity contribution is 1.15. The molecule has 0 aliphatic carbocycles. The van der Waals surface area contributed by atoms with Gasteiger partial charge < -0.3 is 18.3 Å². The van der Waals surface area contributed by atoms with Crippen LogP contribution < -0.4 is 0 Å². The molecule has 26 aromatic rings. The van der Waals surface area contributed by atoms with Crippen LogP contribution in [-0.4, -0.2) is 38.2 Å². The first-order chi connectivity index (χ1) is 69.1. The Labute approximate surface area is 812 Å². The third kappa shape index (κ3) is 14.8. The van der Waals surface area contributed by atoms with E-state index in [2.05, 4.69) is 519 Å². The molecule has 660 valence electrons. The maximum atomic E-state index is 5.50. The number of benzene rings is 20. The molecule has 0 bridgehead atoms. The van der Waals surface area contributed by atoms with Crippen LogP contribution in [0, 0.1) is 27.7 Å². The van der Waals surface area contributed by atoms with Crippen molar-refractivity contribution in [3.05, 3.63) is 508 Å². The fourth-order valence-corrected chi connectivity index (χ4v) is 21.4. The Kier molecular flexibility index (Phi) is 21.0. The molecular formula is C132H92N8. The van der Waals surface area contributed by atoms with Gasteiger partial charge in [-0.2, -0.15) is 0 Å². The van der Waals surface area contributed by atoms with E-state index in [1.54, 1.807) is 0 Å². The van der Waals surface area contributed by atoms with Gasteiger partial charge in [-0.15, -0.1) is 0 Å². The number of aryl methyl sites for hydroxylation is 4. The molecule has 0 saturated carbocycles. The minimum atomic E-state index is 0.675. The number of hydrogen-bond acceptors (Lipinski definition) is 4. The average Bonchev–Trinajstić information content (AvgIpc) is 1.63. The number of para-hydroxylation sites is 6. The van der Waals surface area contributed by atoms with Gasteiger partial charge in [0.25, 0.3) is 0 Å². The van der Waals surface area contributed by atoms with E-state index >= 15 is 0 Å². The van der Waals surface area contributed by atoms with Crippen LogP contribution in [0.4, 0.5) is 0 Å². The molecular weight excluding hydrogens is 1700 g/mol. The summed E-state index contributed by atoms with van der Waals surface area (Å²) < 4.78 is 9.87. The molecule has 0 spiro atoms. The summed E-state index contributed by atoms with van der Waals surface area (Å²) in [5, 5.41) is 9.63. The molecule has 8 heteroatoms. The van der Waals surface area contributed by atoms with E-state index in [4.69, 9.17) is 19.9 Å². The van der Waals surface area contributed by atoms with Crippen LogP contribution in [0.5, 0.6) is 0 Å². The summed E-state index contributed by atoms with van der Waals surface area (Å²) in [5.74, 6) is 1.35. The monoisotopic (exact) mass is 1790 g/mol. The standard InChI is InChI=1S/2C66H46N4/c1-43-18-15-24-47(38-43)49-34-36-62-55(40-49)51-26-9-12-30-59(51)69(62)61-32-14-11-28-54(61)65-53(58-42-57(45-20-5-3-6-21-45)67-66(68-58)46-22-7-4-8-23-46)29-17-33-64(65)70-60-31-13-10-27-52(60)56-41-50(35-37-63(56)70)48-25-16-19-44(2)39-48;1-43-20-9-11-26-49(43)47-36-38-62-55(40-47)51-28-13-16-32-59(51)69(62)61-34-18-15-30-54(61)65-53(58-42-57(45-22-5-3-6-23-45)67-66(68-58)46-24-7-4-8-25-46)31-19-35-64(65)70-60-33-17-14-29-52(60)56-41-48(37-39-63(56)70)50-27-12-10-21-44(50)2/h2*3-42H,1-2H3. The van der Waals surface area contributed by atoms with Gasteiger partial charge in [-0.05, 0) is 193 Å². The van der Waals surface area contributed by atoms with Crippen molar-refractivity contribution >= 4 is 87.2 Å². The molecule has 6 heterocycles. The van der Waals surface area contributed by atoms with Crippen molar-refractivity contribution in [1.29, 1.82) is 0 Å². The molecule has 6 aromatic heterocycles. The fraction of sp³-hybridized carbons (Fsp3) is 0.0303. The lowest BCUT2D eigenvalue weighted by Gasteiger charge is -2.22. The van der Waals surface area contributed by atoms with Gasteiger partial charge in [-0.25, -0.2) is 19.9 Å². The Balaban J connectivity index is 0.000000148. The van der Waals surface area contributed by atoms with E-state index in [1.807, 2.05) is 12.1 Å². The first-order valence-electron chi connectivity index (χ1n) is 48.0. The Hall–Kier alpha value is -18.2. The van der Waals surface area contributed by atoms with Crippen molar-refractivity contribution in [3.8, 4) is 157 Å². The second kappa shape index (κ2) is 35.2. The van der Waals surface area contributed by atoms with Gasteiger partial charge in [0.1, 0.15) is 0 Å². The maximum Gasteiger partial charge on any atom is 0.160 e. The molecule has 0 saturated heterocycles. The van der Waals surface area contributed by atoms with E-state index in [1.165, 1.54) is 110 Å². The predicted molar refractivity (Wildman–Crippen MR) is 586 cm³/mol. The van der Waals surface area contributed by atoms with Crippen LogP contribution in [0.1, 0.15) is 22.3 Å². The molecule has 0 amide bonds. The maximum absolute atomic E-state index is 5.50. The SMILES string of the molecule is Cc1cccc(-c2ccc3c(c2)c2ccccc2n3-c2ccccc2-c2c(-c3cc(-c4ccccc4)nc(-c4ccccc4)n3)cccc2-n2c3ccccc3c3cc(-c4cccc(C)c4)ccc32)c1.Cc1ccccc1-c1ccc2c(c1)c1ccccc1n2-c1ccccc1-c1c(-c2cc(-c3ccccc3)nc(-c3ccccc3)n2)cccc1-n1c2ccccc2c2cc(-c3ccccc3C)ccc21. The first kappa shape index (κ1) is 83.6. The summed E-state index contributed by atoms with van der Waals surface area (Å²) in [7, 11) is 0. The lowest BCUT2D eigenvalue weighted by atomic mass is 9.93. The number of hydrogen-bond donors (Lipinski definition) is 0. The van der Waals surface area contributed by atoms with E-state index in [-0.39, 0.29) is 0 Å². The molecule has 20 aromatic carbocycles. The highest BCUT2D eigenvalue weighted by molar-refractivity contribution is 6.16. The summed E-state index contributed by atoms with van der Waals surface area (Å²) in [5.41, 5.74) is 41.8. The van der Waals surface area contributed by atoms with Gasteiger partial charge >= 0.3 is 0 Å². The lowest BCUT2D eigenvalue weighted by Crippen LogP contribution is -2.04. The molecule has 0 radical (unpaired) electrons. The molecule has 0 aliphatic rings.